The molecule has 0 N–H and O–H groups in total. The highest BCUT2D eigenvalue weighted by molar-refractivity contribution is 6.08. The Morgan fingerprint density at radius 3 is 1.97 bits per heavy atom. The van der Waals surface area contributed by atoms with Crippen molar-refractivity contribution in [1.82, 2.24) is 0 Å². The third-order valence-electron chi connectivity index (χ3n) is 13.3. The molecule has 282 valence electrons. The summed E-state index contributed by atoms with van der Waals surface area (Å²) in [6, 6.07) is 66.9. The first-order valence-electron chi connectivity index (χ1n) is 20.7. The van der Waals surface area contributed by atoms with Crippen LogP contribution < -0.4 is 14.5 Å². The van der Waals surface area contributed by atoms with Crippen LogP contribution in [-0.2, 0) is 10.8 Å². The first-order chi connectivity index (χ1) is 28.8. The normalized spacial score (nSPS) is 14.8. The number of fused-ring (bicyclic) bond motifs is 10. The van der Waals surface area contributed by atoms with Gasteiger partial charge in [-0.3, -0.25) is 0 Å². The van der Waals surface area contributed by atoms with E-state index < -0.39 is 5.41 Å². The molecule has 0 spiro atoms. The lowest BCUT2D eigenvalue weighted by Crippen LogP contribution is -2.34. The Morgan fingerprint density at radius 2 is 1.12 bits per heavy atom. The van der Waals surface area contributed by atoms with Crippen LogP contribution in [0.1, 0.15) is 49.9 Å². The van der Waals surface area contributed by atoms with E-state index in [2.05, 4.69) is 219 Å². The predicted octanol–water partition coefficient (Wildman–Crippen LogP) is 15.7. The molecule has 59 heavy (non-hydrogen) atoms. The van der Waals surface area contributed by atoms with Gasteiger partial charge in [0, 0.05) is 32.9 Å². The van der Waals surface area contributed by atoms with Crippen molar-refractivity contribution in [2.75, 3.05) is 9.80 Å². The van der Waals surface area contributed by atoms with Crippen LogP contribution in [0.5, 0.6) is 11.5 Å². The maximum Gasteiger partial charge on any atom is 0.152 e. The molecule has 3 nitrogen and oxygen atoms in total. The van der Waals surface area contributed by atoms with Crippen molar-refractivity contribution < 1.29 is 4.74 Å². The van der Waals surface area contributed by atoms with Crippen LogP contribution >= 0.6 is 0 Å². The highest BCUT2D eigenvalue weighted by atomic mass is 16.5. The van der Waals surface area contributed by atoms with E-state index in [-0.39, 0.29) is 5.41 Å². The zero-order valence-electron chi connectivity index (χ0n) is 33.6. The van der Waals surface area contributed by atoms with Gasteiger partial charge >= 0.3 is 0 Å². The first-order valence-corrected chi connectivity index (χ1v) is 20.7. The molecule has 2 heterocycles. The Morgan fingerprint density at radius 1 is 0.441 bits per heavy atom. The molecule has 12 rings (SSSR count). The van der Waals surface area contributed by atoms with Crippen LogP contribution in [0.25, 0.3) is 43.8 Å². The van der Waals surface area contributed by atoms with Crippen molar-refractivity contribution in [1.29, 1.82) is 0 Å². The fraction of sp³-hybridized carbons (Fsp3) is 0.107. The average Bonchev–Trinajstić information content (AvgIpc) is 3.50. The molecule has 0 amide bonds. The summed E-state index contributed by atoms with van der Waals surface area (Å²) in [6.45, 7) is 9.55. The summed E-state index contributed by atoms with van der Waals surface area (Å²) in [5.41, 5.74) is 16.4. The van der Waals surface area contributed by atoms with Gasteiger partial charge in [-0.05, 0) is 98.2 Å². The minimum atomic E-state index is -0.447. The third kappa shape index (κ3) is 4.76. The molecule has 0 bridgehead atoms. The Bertz CT molecular complexity index is 3210. The summed E-state index contributed by atoms with van der Waals surface area (Å²) in [6.07, 6.45) is 0. The van der Waals surface area contributed by atoms with E-state index in [1.54, 1.807) is 0 Å². The molecule has 3 heteroatoms. The number of rotatable bonds is 4. The summed E-state index contributed by atoms with van der Waals surface area (Å²) in [5.74, 6) is 1.73. The number of hydrogen-bond donors (Lipinski definition) is 0. The summed E-state index contributed by atoms with van der Waals surface area (Å²) in [7, 11) is 0. The van der Waals surface area contributed by atoms with E-state index in [1.165, 1.54) is 55.1 Å². The SMILES string of the molecule is CC1(C)c2ccccc2-c2ccc(N(c3cccc4c3C(C)(C)c3cc(-c5ccccc5)cc5c3N4c3c(ccc4ccccc34)O5)c3cccc4ccccc34)cc21. The zero-order chi connectivity index (χ0) is 39.6. The molecular formula is C56H42N2O. The molecule has 0 aromatic heterocycles. The fourth-order valence-electron chi connectivity index (χ4n) is 10.5. The quantitative estimate of drug-likeness (QED) is 0.178. The van der Waals surface area contributed by atoms with Crippen molar-refractivity contribution in [2.24, 2.45) is 0 Å². The lowest BCUT2D eigenvalue weighted by molar-refractivity contribution is 0.472. The monoisotopic (exact) mass is 758 g/mol. The van der Waals surface area contributed by atoms with E-state index in [4.69, 9.17) is 4.74 Å². The molecule has 0 atom stereocenters. The van der Waals surface area contributed by atoms with E-state index in [0.29, 0.717) is 0 Å². The maximum absolute atomic E-state index is 7.00. The minimum Gasteiger partial charge on any atom is -0.453 e. The van der Waals surface area contributed by atoms with Gasteiger partial charge in [-0.2, -0.15) is 0 Å². The topological polar surface area (TPSA) is 15.7 Å². The minimum absolute atomic E-state index is 0.149. The molecular weight excluding hydrogens is 717 g/mol. The molecule has 0 saturated carbocycles. The van der Waals surface area contributed by atoms with E-state index in [9.17, 15) is 0 Å². The Balaban J connectivity index is 1.17. The van der Waals surface area contributed by atoms with Crippen LogP contribution in [0.4, 0.5) is 34.1 Å². The molecule has 1 aliphatic carbocycles. The van der Waals surface area contributed by atoms with E-state index >= 15 is 0 Å². The molecule has 0 saturated heterocycles. The van der Waals surface area contributed by atoms with Crippen LogP contribution in [0.2, 0.25) is 0 Å². The number of nitrogens with zero attached hydrogens (tertiary/aromatic N) is 2. The molecule has 0 fully saturated rings. The Hall–Kier alpha value is -7.10. The van der Waals surface area contributed by atoms with Gasteiger partial charge in [0.15, 0.2) is 11.5 Å². The van der Waals surface area contributed by atoms with Crippen LogP contribution in [-0.4, -0.2) is 0 Å². The predicted molar refractivity (Wildman–Crippen MR) is 246 cm³/mol. The van der Waals surface area contributed by atoms with Gasteiger partial charge in [0.2, 0.25) is 0 Å². The van der Waals surface area contributed by atoms with Gasteiger partial charge in [-0.15, -0.1) is 0 Å². The highest BCUT2D eigenvalue weighted by Gasteiger charge is 2.45. The summed E-state index contributed by atoms with van der Waals surface area (Å²) >= 11 is 0. The van der Waals surface area contributed by atoms with Gasteiger partial charge in [0.25, 0.3) is 0 Å². The number of anilines is 6. The lowest BCUT2D eigenvalue weighted by Gasteiger charge is -2.47. The third-order valence-corrected chi connectivity index (χ3v) is 13.3. The second-order valence-corrected chi connectivity index (χ2v) is 17.3. The smallest absolute Gasteiger partial charge is 0.152 e. The molecule has 9 aromatic carbocycles. The molecule has 2 aliphatic heterocycles. The van der Waals surface area contributed by atoms with Gasteiger partial charge < -0.3 is 14.5 Å². The summed E-state index contributed by atoms with van der Waals surface area (Å²) in [4.78, 5) is 5.05. The number of benzene rings is 9. The number of ether oxygens (including phenoxy) is 1. The maximum atomic E-state index is 7.00. The van der Waals surface area contributed by atoms with Crippen molar-refractivity contribution in [2.45, 2.75) is 38.5 Å². The fourth-order valence-corrected chi connectivity index (χ4v) is 10.5. The van der Waals surface area contributed by atoms with Crippen molar-refractivity contribution in [3.05, 3.63) is 204 Å². The molecule has 0 unspecified atom stereocenters. The Kier molecular flexibility index (Phi) is 7.03. The van der Waals surface area contributed by atoms with Gasteiger partial charge in [-0.25, -0.2) is 0 Å². The molecule has 9 aromatic rings. The van der Waals surface area contributed by atoms with E-state index in [0.717, 1.165) is 56.6 Å². The van der Waals surface area contributed by atoms with Crippen molar-refractivity contribution >= 4 is 55.7 Å². The van der Waals surface area contributed by atoms with Gasteiger partial charge in [0.05, 0.1) is 28.4 Å². The van der Waals surface area contributed by atoms with Crippen LogP contribution in [0.3, 0.4) is 0 Å². The largest absolute Gasteiger partial charge is 0.453 e. The second kappa shape index (κ2) is 12.2. The average molecular weight is 759 g/mol. The van der Waals surface area contributed by atoms with Crippen molar-refractivity contribution in [3.8, 4) is 33.8 Å². The van der Waals surface area contributed by atoms with Crippen molar-refractivity contribution in [3.63, 3.8) is 0 Å². The lowest BCUT2D eigenvalue weighted by atomic mass is 9.71. The zero-order valence-corrected chi connectivity index (χ0v) is 33.6. The van der Waals surface area contributed by atoms with E-state index in [1.807, 2.05) is 0 Å². The second-order valence-electron chi connectivity index (χ2n) is 17.3. The molecule has 3 aliphatic rings. The standard InChI is InChI=1S/C56H42N2O/c1-55(2)44-24-13-12-23-42(44)43-30-29-39(34-45(43)55)57(47-25-14-20-36-18-8-10-21-40(36)47)48-26-15-27-49-52(48)56(3,4)46-32-38(35-16-6-5-7-17-35)33-51-54(46)58(49)53-41-22-11-9-19-37(41)28-31-50(53)59-51/h5-34H,1-4H3. The summed E-state index contributed by atoms with van der Waals surface area (Å²) in [5, 5.41) is 4.77. The highest BCUT2D eigenvalue weighted by Crippen LogP contribution is 2.64. The number of hydrogen-bond acceptors (Lipinski definition) is 3. The summed E-state index contributed by atoms with van der Waals surface area (Å²) < 4.78 is 7.00. The van der Waals surface area contributed by atoms with Gasteiger partial charge in [0.1, 0.15) is 0 Å². The molecule has 0 radical (unpaired) electrons. The van der Waals surface area contributed by atoms with Crippen LogP contribution in [0, 0.1) is 0 Å². The van der Waals surface area contributed by atoms with Gasteiger partial charge in [-0.1, -0.05) is 161 Å². The first kappa shape index (κ1) is 34.0. The Labute approximate surface area is 345 Å². The van der Waals surface area contributed by atoms with Crippen LogP contribution in [0.15, 0.2) is 182 Å².